The number of hydrogen-bond acceptors (Lipinski definition) is 5. The molecule has 0 spiro atoms. The fraction of sp³-hybridized carbons (Fsp3) is 0.222. The molecule has 2 aromatic carbocycles. The van der Waals surface area contributed by atoms with E-state index in [2.05, 4.69) is 10.5 Å². The monoisotopic (exact) mass is 341 g/mol. The summed E-state index contributed by atoms with van der Waals surface area (Å²) in [4.78, 5) is 22.4. The molecular weight excluding hydrogens is 322 g/mol. The highest BCUT2D eigenvalue weighted by Crippen LogP contribution is 2.19. The lowest BCUT2D eigenvalue weighted by atomic mass is 10.1. The molecule has 0 unspecified atom stereocenters. The second-order valence-corrected chi connectivity index (χ2v) is 5.56. The summed E-state index contributed by atoms with van der Waals surface area (Å²) in [5.41, 5.74) is 4.94. The van der Waals surface area contributed by atoms with Crippen molar-refractivity contribution in [2.24, 2.45) is 5.10 Å². The first-order chi connectivity index (χ1) is 11.9. The van der Waals surface area contributed by atoms with E-state index in [9.17, 15) is 14.9 Å². The van der Waals surface area contributed by atoms with Crippen molar-refractivity contribution in [3.63, 3.8) is 0 Å². The van der Waals surface area contributed by atoms with Gasteiger partial charge in [0.2, 0.25) is 0 Å². The number of hydrogen-bond donors (Lipinski definition) is 1. The maximum absolute atomic E-state index is 11.9. The molecule has 0 atom stereocenters. The lowest BCUT2D eigenvalue weighted by Crippen LogP contribution is -2.25. The minimum atomic E-state index is -0.486. The van der Waals surface area contributed by atoms with E-state index in [-0.39, 0.29) is 12.3 Å². The lowest BCUT2D eigenvalue weighted by Gasteiger charge is -2.09. The van der Waals surface area contributed by atoms with Gasteiger partial charge in [-0.25, -0.2) is 5.43 Å². The van der Waals surface area contributed by atoms with Gasteiger partial charge >= 0.3 is 0 Å². The normalized spacial score (nSPS) is 11.1. The quantitative estimate of drug-likeness (QED) is 0.496. The van der Waals surface area contributed by atoms with E-state index in [1.54, 1.807) is 25.1 Å². The predicted molar refractivity (Wildman–Crippen MR) is 94.9 cm³/mol. The highest BCUT2D eigenvalue weighted by atomic mass is 16.6. The van der Waals surface area contributed by atoms with E-state index in [4.69, 9.17) is 4.74 Å². The van der Waals surface area contributed by atoms with E-state index in [1.165, 1.54) is 6.07 Å². The number of nitrogens with zero attached hydrogens (tertiary/aromatic N) is 2. The zero-order chi connectivity index (χ0) is 18.4. The van der Waals surface area contributed by atoms with E-state index in [1.807, 2.05) is 32.0 Å². The molecule has 2 rings (SSSR count). The summed E-state index contributed by atoms with van der Waals surface area (Å²) in [6.45, 7) is 5.22. The van der Waals surface area contributed by atoms with Crippen molar-refractivity contribution in [2.45, 2.75) is 20.8 Å². The van der Waals surface area contributed by atoms with Gasteiger partial charge in [-0.3, -0.25) is 14.9 Å². The summed E-state index contributed by atoms with van der Waals surface area (Å²) in [6, 6.07) is 11.9. The Morgan fingerprint density at radius 2 is 1.96 bits per heavy atom. The predicted octanol–water partition coefficient (Wildman–Crippen LogP) is 3.13. The van der Waals surface area contributed by atoms with Crippen LogP contribution in [0.4, 0.5) is 5.69 Å². The van der Waals surface area contributed by atoms with Crippen LogP contribution in [-0.4, -0.2) is 23.1 Å². The van der Waals surface area contributed by atoms with Crippen molar-refractivity contribution in [1.82, 2.24) is 5.43 Å². The number of hydrazone groups is 1. The first kappa shape index (κ1) is 18.1. The number of carbonyl (C=O) groups excluding carboxylic acids is 1. The fourth-order valence-corrected chi connectivity index (χ4v) is 2.18. The van der Waals surface area contributed by atoms with Gasteiger partial charge in [-0.15, -0.1) is 0 Å². The molecule has 0 aliphatic rings. The Balaban J connectivity index is 2.00. The maximum Gasteiger partial charge on any atom is 0.278 e. The fourth-order valence-electron chi connectivity index (χ4n) is 2.18. The van der Waals surface area contributed by atoms with Crippen molar-refractivity contribution in [3.05, 3.63) is 69.3 Å². The van der Waals surface area contributed by atoms with Gasteiger partial charge in [-0.2, -0.15) is 5.10 Å². The highest BCUT2D eigenvalue weighted by Gasteiger charge is 2.15. The molecule has 0 aliphatic heterocycles. The summed E-state index contributed by atoms with van der Waals surface area (Å²) in [7, 11) is 0. The molecule has 0 bridgehead atoms. The van der Waals surface area contributed by atoms with Gasteiger partial charge in [0, 0.05) is 6.07 Å². The van der Waals surface area contributed by atoms with Crippen molar-refractivity contribution in [3.8, 4) is 5.75 Å². The first-order valence-electron chi connectivity index (χ1n) is 7.65. The Kier molecular flexibility index (Phi) is 5.84. The van der Waals surface area contributed by atoms with Crippen molar-refractivity contribution < 1.29 is 14.5 Å². The summed E-state index contributed by atoms with van der Waals surface area (Å²) >= 11 is 0. The topological polar surface area (TPSA) is 93.8 Å². The Morgan fingerprint density at radius 3 is 2.68 bits per heavy atom. The third kappa shape index (κ3) is 4.87. The number of nitro benzene ring substituents is 1. The molecule has 2 aromatic rings. The van der Waals surface area contributed by atoms with Gasteiger partial charge in [0.05, 0.1) is 16.2 Å². The Labute approximate surface area is 145 Å². The molecule has 7 nitrogen and oxygen atoms in total. The molecule has 130 valence electrons. The van der Waals surface area contributed by atoms with Crippen LogP contribution in [0, 0.1) is 24.0 Å². The molecule has 1 amide bonds. The number of benzene rings is 2. The molecule has 0 saturated carbocycles. The van der Waals surface area contributed by atoms with Crippen LogP contribution < -0.4 is 10.2 Å². The smallest absolute Gasteiger partial charge is 0.278 e. The molecule has 0 aromatic heterocycles. The van der Waals surface area contributed by atoms with Crippen LogP contribution in [-0.2, 0) is 4.79 Å². The van der Waals surface area contributed by atoms with Gasteiger partial charge in [0.25, 0.3) is 11.6 Å². The number of aryl methyl sites for hydroxylation is 2. The molecule has 1 N–H and O–H groups in total. The third-order valence-corrected chi connectivity index (χ3v) is 3.54. The van der Waals surface area contributed by atoms with Gasteiger partial charge in [-0.05, 0) is 44.0 Å². The van der Waals surface area contributed by atoms with Crippen LogP contribution in [0.3, 0.4) is 0 Å². The van der Waals surface area contributed by atoms with Crippen LogP contribution in [0.15, 0.2) is 47.6 Å². The number of amides is 1. The van der Waals surface area contributed by atoms with E-state index >= 15 is 0 Å². The van der Waals surface area contributed by atoms with Gasteiger partial charge in [-0.1, -0.05) is 24.3 Å². The largest absolute Gasteiger partial charge is 0.483 e. The van der Waals surface area contributed by atoms with Crippen LogP contribution in [0.25, 0.3) is 0 Å². The number of para-hydroxylation sites is 1. The maximum atomic E-state index is 11.9. The minimum Gasteiger partial charge on any atom is -0.483 e. The zero-order valence-electron chi connectivity index (χ0n) is 14.3. The van der Waals surface area contributed by atoms with Crippen LogP contribution in [0.5, 0.6) is 5.75 Å². The Hall–Kier alpha value is -3.22. The summed E-state index contributed by atoms with van der Waals surface area (Å²) in [6.07, 6.45) is 0. The van der Waals surface area contributed by atoms with Crippen LogP contribution in [0.1, 0.15) is 23.6 Å². The van der Waals surface area contributed by atoms with Crippen LogP contribution >= 0.6 is 0 Å². The molecule has 0 radical (unpaired) electrons. The summed E-state index contributed by atoms with van der Waals surface area (Å²) < 4.78 is 5.49. The van der Waals surface area contributed by atoms with Gasteiger partial charge in [0.1, 0.15) is 5.75 Å². The van der Waals surface area contributed by atoms with Gasteiger partial charge in [0.15, 0.2) is 6.61 Å². The third-order valence-electron chi connectivity index (χ3n) is 3.54. The SMILES string of the molecule is C/C(=N/NC(=O)COc1cc(C)ccc1C)c1ccccc1[N+](=O)[O-]. The van der Waals surface area contributed by atoms with Crippen molar-refractivity contribution in [1.29, 1.82) is 0 Å². The summed E-state index contributed by atoms with van der Waals surface area (Å²) in [5.74, 6) is 0.188. The van der Waals surface area contributed by atoms with Gasteiger partial charge < -0.3 is 4.74 Å². The molecule has 0 fully saturated rings. The lowest BCUT2D eigenvalue weighted by molar-refractivity contribution is -0.385. The molecule has 25 heavy (non-hydrogen) atoms. The highest BCUT2D eigenvalue weighted by molar-refractivity contribution is 6.02. The standard InChI is InChI=1S/C18H19N3O4/c1-12-8-9-13(2)17(10-12)25-11-18(22)20-19-14(3)15-6-4-5-7-16(15)21(23)24/h4-10H,11H2,1-3H3,(H,20,22)/b19-14-. The number of carbonyl (C=O) groups is 1. The second kappa shape index (κ2) is 8.05. The zero-order valence-corrected chi connectivity index (χ0v) is 14.3. The molecule has 7 heteroatoms. The van der Waals surface area contributed by atoms with Crippen molar-refractivity contribution >= 4 is 17.3 Å². The Morgan fingerprint density at radius 1 is 1.24 bits per heavy atom. The number of nitro groups is 1. The number of nitrogens with one attached hydrogen (secondary N) is 1. The second-order valence-electron chi connectivity index (χ2n) is 5.56. The van der Waals surface area contributed by atoms with Crippen LogP contribution in [0.2, 0.25) is 0 Å². The summed E-state index contributed by atoms with van der Waals surface area (Å²) in [5, 5.41) is 14.9. The average Bonchev–Trinajstić information content (AvgIpc) is 2.60. The first-order valence-corrected chi connectivity index (χ1v) is 7.65. The Bertz CT molecular complexity index is 831. The minimum absolute atomic E-state index is 0.0652. The molecular formula is C18H19N3O4. The molecule has 0 aliphatic carbocycles. The average molecular weight is 341 g/mol. The molecule has 0 saturated heterocycles. The van der Waals surface area contributed by atoms with E-state index < -0.39 is 10.8 Å². The number of rotatable bonds is 6. The molecule has 0 heterocycles. The van der Waals surface area contributed by atoms with E-state index in [0.29, 0.717) is 17.0 Å². The number of ether oxygens (including phenoxy) is 1. The van der Waals surface area contributed by atoms with Crippen molar-refractivity contribution in [2.75, 3.05) is 6.61 Å². The van der Waals surface area contributed by atoms with E-state index in [0.717, 1.165) is 11.1 Å².